The summed E-state index contributed by atoms with van der Waals surface area (Å²) in [6.45, 7) is 12.1. The van der Waals surface area contributed by atoms with Crippen LogP contribution in [0, 0.1) is 11.8 Å². The predicted molar refractivity (Wildman–Crippen MR) is 95.1 cm³/mol. The van der Waals surface area contributed by atoms with Gasteiger partial charge in [-0.3, -0.25) is 9.69 Å². The van der Waals surface area contributed by atoms with Gasteiger partial charge >= 0.3 is 0 Å². The molecule has 2 atom stereocenters. The van der Waals surface area contributed by atoms with Crippen molar-refractivity contribution >= 4 is 5.91 Å². The lowest BCUT2D eigenvalue weighted by Crippen LogP contribution is -2.55. The zero-order valence-electron chi connectivity index (χ0n) is 14.9. The lowest BCUT2D eigenvalue weighted by atomic mass is 9.85. The number of likely N-dealkylation sites (tertiary alicyclic amines) is 1. The molecule has 128 valence electrons. The summed E-state index contributed by atoms with van der Waals surface area (Å²) in [5.41, 5.74) is 1.37. The van der Waals surface area contributed by atoms with Crippen molar-refractivity contribution in [1.82, 2.24) is 15.5 Å². The molecule has 1 aliphatic heterocycles. The van der Waals surface area contributed by atoms with Gasteiger partial charge < -0.3 is 10.6 Å². The largest absolute Gasteiger partial charge is 0.353 e. The SMILES string of the molecule is CC(C)NC(=O)CNC1[C@H](C)CN(Cc2ccccc2)C[C@H]1C. The molecule has 1 saturated heterocycles. The lowest BCUT2D eigenvalue weighted by molar-refractivity contribution is -0.121. The van der Waals surface area contributed by atoms with E-state index >= 15 is 0 Å². The van der Waals surface area contributed by atoms with Crippen molar-refractivity contribution in [2.24, 2.45) is 11.8 Å². The Bertz CT molecular complexity index is 477. The third kappa shape index (κ3) is 5.63. The van der Waals surface area contributed by atoms with Crippen molar-refractivity contribution in [2.45, 2.75) is 46.3 Å². The maximum absolute atomic E-state index is 11.8. The van der Waals surface area contributed by atoms with E-state index in [0.717, 1.165) is 19.6 Å². The summed E-state index contributed by atoms with van der Waals surface area (Å²) in [5, 5.41) is 6.41. The fourth-order valence-electron chi connectivity index (χ4n) is 3.63. The summed E-state index contributed by atoms with van der Waals surface area (Å²) >= 11 is 0. The van der Waals surface area contributed by atoms with Gasteiger partial charge in [0.15, 0.2) is 0 Å². The molecule has 0 aromatic heterocycles. The van der Waals surface area contributed by atoms with Crippen molar-refractivity contribution < 1.29 is 4.79 Å². The molecule has 4 heteroatoms. The van der Waals surface area contributed by atoms with E-state index < -0.39 is 0 Å². The van der Waals surface area contributed by atoms with Gasteiger partial charge in [-0.25, -0.2) is 0 Å². The highest BCUT2D eigenvalue weighted by Crippen LogP contribution is 2.23. The minimum Gasteiger partial charge on any atom is -0.353 e. The number of nitrogens with zero attached hydrogens (tertiary/aromatic N) is 1. The van der Waals surface area contributed by atoms with Gasteiger partial charge in [-0.2, -0.15) is 0 Å². The molecule has 0 spiro atoms. The number of piperidine rings is 1. The van der Waals surface area contributed by atoms with E-state index in [0.29, 0.717) is 24.4 Å². The average molecular weight is 317 g/mol. The van der Waals surface area contributed by atoms with Crippen LogP contribution in [0.3, 0.4) is 0 Å². The van der Waals surface area contributed by atoms with Crippen LogP contribution in [0.5, 0.6) is 0 Å². The Morgan fingerprint density at radius 3 is 2.35 bits per heavy atom. The van der Waals surface area contributed by atoms with Crippen LogP contribution >= 0.6 is 0 Å². The van der Waals surface area contributed by atoms with Crippen molar-refractivity contribution in [2.75, 3.05) is 19.6 Å². The highest BCUT2D eigenvalue weighted by atomic mass is 16.1. The van der Waals surface area contributed by atoms with Crippen LogP contribution in [0.1, 0.15) is 33.3 Å². The van der Waals surface area contributed by atoms with Crippen molar-refractivity contribution in [3.8, 4) is 0 Å². The number of carbonyl (C=O) groups excluding carboxylic acids is 1. The molecular weight excluding hydrogens is 286 g/mol. The monoisotopic (exact) mass is 317 g/mol. The minimum atomic E-state index is 0.0890. The molecule has 2 N–H and O–H groups in total. The topological polar surface area (TPSA) is 44.4 Å². The number of hydrogen-bond acceptors (Lipinski definition) is 3. The maximum atomic E-state index is 11.8. The lowest BCUT2D eigenvalue weighted by Gasteiger charge is -2.42. The van der Waals surface area contributed by atoms with E-state index in [9.17, 15) is 4.79 Å². The van der Waals surface area contributed by atoms with Gasteiger partial charge in [0.2, 0.25) is 5.91 Å². The Labute approximate surface area is 140 Å². The highest BCUT2D eigenvalue weighted by molar-refractivity contribution is 5.78. The zero-order valence-corrected chi connectivity index (χ0v) is 14.9. The predicted octanol–water partition coefficient (Wildman–Crippen LogP) is 2.26. The highest BCUT2D eigenvalue weighted by Gasteiger charge is 2.31. The Morgan fingerprint density at radius 2 is 1.78 bits per heavy atom. The number of rotatable bonds is 6. The Kier molecular flexibility index (Phi) is 6.60. The molecule has 1 amide bonds. The van der Waals surface area contributed by atoms with E-state index in [1.165, 1.54) is 5.56 Å². The molecule has 0 bridgehead atoms. The van der Waals surface area contributed by atoms with E-state index in [1.807, 2.05) is 13.8 Å². The van der Waals surface area contributed by atoms with Gasteiger partial charge in [-0.05, 0) is 31.2 Å². The molecule has 0 unspecified atom stereocenters. The summed E-state index contributed by atoms with van der Waals surface area (Å²) in [7, 11) is 0. The molecule has 0 aliphatic carbocycles. The summed E-state index contributed by atoms with van der Waals surface area (Å²) < 4.78 is 0. The first-order valence-electron chi connectivity index (χ1n) is 8.74. The molecular formula is C19H31N3O. The zero-order chi connectivity index (χ0) is 16.8. The summed E-state index contributed by atoms with van der Waals surface area (Å²) in [6.07, 6.45) is 0. The first-order valence-corrected chi connectivity index (χ1v) is 8.74. The standard InChI is InChI=1S/C19H31N3O/c1-14(2)21-18(23)10-20-19-15(3)11-22(12-16(19)4)13-17-8-6-5-7-9-17/h5-9,14-16,19-20H,10-13H2,1-4H3,(H,21,23)/t15-,16-/m1/s1. The molecule has 1 fully saturated rings. The molecule has 0 radical (unpaired) electrons. The smallest absolute Gasteiger partial charge is 0.234 e. The molecule has 1 aromatic carbocycles. The van der Waals surface area contributed by atoms with Crippen LogP contribution < -0.4 is 10.6 Å². The third-order valence-corrected chi connectivity index (χ3v) is 4.52. The van der Waals surface area contributed by atoms with E-state index in [4.69, 9.17) is 0 Å². The Hall–Kier alpha value is -1.39. The number of hydrogen-bond donors (Lipinski definition) is 2. The molecule has 1 heterocycles. The van der Waals surface area contributed by atoms with E-state index in [1.54, 1.807) is 0 Å². The number of carbonyl (C=O) groups is 1. The summed E-state index contributed by atoms with van der Waals surface area (Å²) in [4.78, 5) is 14.4. The molecule has 2 rings (SSSR count). The van der Waals surface area contributed by atoms with Crippen LogP contribution in [0.15, 0.2) is 30.3 Å². The summed E-state index contributed by atoms with van der Waals surface area (Å²) in [5.74, 6) is 1.16. The van der Waals surface area contributed by atoms with Gasteiger partial charge in [-0.1, -0.05) is 44.2 Å². The second-order valence-corrected chi connectivity index (χ2v) is 7.26. The van der Waals surface area contributed by atoms with E-state index in [2.05, 4.69) is 59.7 Å². The molecule has 1 aliphatic rings. The van der Waals surface area contributed by atoms with Crippen molar-refractivity contribution in [3.05, 3.63) is 35.9 Å². The average Bonchev–Trinajstić information content (AvgIpc) is 2.46. The van der Waals surface area contributed by atoms with Crippen LogP contribution in [0.4, 0.5) is 0 Å². The molecule has 1 aromatic rings. The van der Waals surface area contributed by atoms with Crippen LogP contribution in [-0.4, -0.2) is 42.5 Å². The molecule has 4 nitrogen and oxygen atoms in total. The van der Waals surface area contributed by atoms with Gasteiger partial charge in [0.25, 0.3) is 0 Å². The quantitative estimate of drug-likeness (QED) is 0.846. The number of nitrogens with one attached hydrogen (secondary N) is 2. The maximum Gasteiger partial charge on any atom is 0.234 e. The van der Waals surface area contributed by atoms with Gasteiger partial charge in [0, 0.05) is 31.7 Å². The third-order valence-electron chi connectivity index (χ3n) is 4.52. The normalized spacial score (nSPS) is 23.2. The van der Waals surface area contributed by atoms with Crippen molar-refractivity contribution in [1.29, 1.82) is 0 Å². The molecule has 0 saturated carbocycles. The minimum absolute atomic E-state index is 0.0890. The fraction of sp³-hybridized carbons (Fsp3) is 0.632. The Balaban J connectivity index is 1.83. The summed E-state index contributed by atoms with van der Waals surface area (Å²) in [6, 6.07) is 11.2. The van der Waals surface area contributed by atoms with Gasteiger partial charge in [0.05, 0.1) is 6.54 Å². The van der Waals surface area contributed by atoms with Crippen LogP contribution in [0.25, 0.3) is 0 Å². The molecule has 23 heavy (non-hydrogen) atoms. The van der Waals surface area contributed by atoms with Gasteiger partial charge in [0.1, 0.15) is 0 Å². The number of amides is 1. The van der Waals surface area contributed by atoms with E-state index in [-0.39, 0.29) is 11.9 Å². The Morgan fingerprint density at radius 1 is 1.17 bits per heavy atom. The number of benzene rings is 1. The second kappa shape index (κ2) is 8.46. The first-order chi connectivity index (χ1) is 11.0. The van der Waals surface area contributed by atoms with Gasteiger partial charge in [-0.15, -0.1) is 0 Å². The van der Waals surface area contributed by atoms with Crippen LogP contribution in [-0.2, 0) is 11.3 Å². The first kappa shape index (κ1) is 18.0. The fourth-order valence-corrected chi connectivity index (χ4v) is 3.63. The van der Waals surface area contributed by atoms with Crippen molar-refractivity contribution in [3.63, 3.8) is 0 Å². The van der Waals surface area contributed by atoms with Crippen LogP contribution in [0.2, 0.25) is 0 Å². The second-order valence-electron chi connectivity index (χ2n) is 7.26.